The molecule has 1 unspecified atom stereocenters. The van der Waals surface area contributed by atoms with Crippen LogP contribution in [0.2, 0.25) is 0 Å². The molecule has 0 amide bonds. The summed E-state index contributed by atoms with van der Waals surface area (Å²) in [7, 11) is 0. The van der Waals surface area contributed by atoms with Gasteiger partial charge in [-0.2, -0.15) is 0 Å². The summed E-state index contributed by atoms with van der Waals surface area (Å²) in [6.07, 6.45) is 1.13. The highest BCUT2D eigenvalue weighted by Gasteiger charge is 2.18. The number of rotatable bonds is 4. The molecule has 2 aromatic rings. The molecular formula is C19H23Cl. The summed E-state index contributed by atoms with van der Waals surface area (Å²) in [4.78, 5) is 0. The van der Waals surface area contributed by atoms with E-state index >= 15 is 0 Å². The zero-order valence-corrected chi connectivity index (χ0v) is 13.5. The van der Waals surface area contributed by atoms with E-state index in [1.54, 1.807) is 0 Å². The van der Waals surface area contributed by atoms with Crippen LogP contribution in [-0.4, -0.2) is 0 Å². The summed E-state index contributed by atoms with van der Waals surface area (Å²) in [6.45, 7) is 8.87. The third kappa shape index (κ3) is 3.24. The largest absolute Gasteiger partial charge is 0.113 e. The molecule has 1 atom stereocenters. The lowest BCUT2D eigenvalue weighted by Crippen LogP contribution is -2.15. The fourth-order valence-corrected chi connectivity index (χ4v) is 2.53. The molecule has 0 aromatic heterocycles. The lowest BCUT2D eigenvalue weighted by molar-refractivity contribution is 0.506. The lowest BCUT2D eigenvalue weighted by Gasteiger charge is -2.24. The predicted octanol–water partition coefficient (Wildman–Crippen LogP) is 6.01. The summed E-state index contributed by atoms with van der Waals surface area (Å²) in [5, 5.41) is -0.0746. The molecule has 0 heterocycles. The van der Waals surface area contributed by atoms with E-state index in [-0.39, 0.29) is 10.8 Å². The van der Waals surface area contributed by atoms with Crippen LogP contribution in [-0.2, 0) is 5.41 Å². The Bertz CT molecular complexity index is 549. The number of hydrogen-bond donors (Lipinski definition) is 0. The molecular weight excluding hydrogens is 264 g/mol. The van der Waals surface area contributed by atoms with Gasteiger partial charge in [0.25, 0.3) is 0 Å². The molecule has 0 N–H and O–H groups in total. The van der Waals surface area contributed by atoms with Crippen molar-refractivity contribution in [3.63, 3.8) is 0 Å². The Morgan fingerprint density at radius 3 is 1.80 bits per heavy atom. The Morgan fingerprint density at radius 2 is 1.35 bits per heavy atom. The SMILES string of the molecule is CCC(C)(C)c1ccc(C(Cl)c2ccc(C)cc2)cc1. The average molecular weight is 287 g/mol. The molecule has 0 aliphatic rings. The van der Waals surface area contributed by atoms with E-state index in [1.807, 2.05) is 0 Å². The number of aryl methyl sites for hydroxylation is 1. The van der Waals surface area contributed by atoms with E-state index in [1.165, 1.54) is 11.1 Å². The predicted molar refractivity (Wildman–Crippen MR) is 88.6 cm³/mol. The number of halogens is 1. The molecule has 0 bridgehead atoms. The minimum atomic E-state index is -0.0746. The summed E-state index contributed by atoms with van der Waals surface area (Å²) in [6, 6.07) is 17.2. The normalized spacial score (nSPS) is 13.2. The van der Waals surface area contributed by atoms with Gasteiger partial charge in [0.05, 0.1) is 5.38 Å². The van der Waals surface area contributed by atoms with Gasteiger partial charge in [0.2, 0.25) is 0 Å². The molecule has 20 heavy (non-hydrogen) atoms. The maximum Gasteiger partial charge on any atom is 0.0835 e. The summed E-state index contributed by atoms with van der Waals surface area (Å²) < 4.78 is 0. The highest BCUT2D eigenvalue weighted by molar-refractivity contribution is 6.22. The summed E-state index contributed by atoms with van der Waals surface area (Å²) in [5.74, 6) is 0. The van der Waals surface area contributed by atoms with Crippen LogP contribution < -0.4 is 0 Å². The highest BCUT2D eigenvalue weighted by atomic mass is 35.5. The van der Waals surface area contributed by atoms with Gasteiger partial charge in [0, 0.05) is 0 Å². The van der Waals surface area contributed by atoms with Crippen LogP contribution in [0.15, 0.2) is 48.5 Å². The number of hydrogen-bond acceptors (Lipinski definition) is 0. The quantitative estimate of drug-likeness (QED) is 0.604. The van der Waals surface area contributed by atoms with E-state index in [0.717, 1.165) is 17.5 Å². The van der Waals surface area contributed by atoms with Gasteiger partial charge in [-0.1, -0.05) is 74.9 Å². The van der Waals surface area contributed by atoms with Gasteiger partial charge in [0.1, 0.15) is 0 Å². The van der Waals surface area contributed by atoms with Crippen LogP contribution in [0.5, 0.6) is 0 Å². The number of benzene rings is 2. The van der Waals surface area contributed by atoms with E-state index in [0.29, 0.717) is 0 Å². The first kappa shape index (κ1) is 15.1. The molecule has 0 nitrogen and oxygen atoms in total. The molecule has 2 aromatic carbocycles. The second-order valence-corrected chi connectivity index (χ2v) is 6.57. The van der Waals surface area contributed by atoms with Crippen molar-refractivity contribution in [3.05, 3.63) is 70.8 Å². The summed E-state index contributed by atoms with van der Waals surface area (Å²) in [5.41, 5.74) is 5.17. The fraction of sp³-hybridized carbons (Fsp3) is 0.368. The van der Waals surface area contributed by atoms with Crippen molar-refractivity contribution in [3.8, 4) is 0 Å². The van der Waals surface area contributed by atoms with Crippen LogP contribution in [0.4, 0.5) is 0 Å². The van der Waals surface area contributed by atoms with Gasteiger partial charge in [-0.15, -0.1) is 11.6 Å². The highest BCUT2D eigenvalue weighted by Crippen LogP contribution is 2.32. The fourth-order valence-electron chi connectivity index (χ4n) is 2.24. The average Bonchev–Trinajstić information content (AvgIpc) is 2.47. The van der Waals surface area contributed by atoms with Crippen LogP contribution in [0.25, 0.3) is 0 Å². The Balaban J connectivity index is 2.23. The van der Waals surface area contributed by atoms with Gasteiger partial charge < -0.3 is 0 Å². The number of alkyl halides is 1. The molecule has 0 saturated heterocycles. The summed E-state index contributed by atoms with van der Waals surface area (Å²) >= 11 is 6.58. The third-order valence-corrected chi connectivity index (χ3v) is 4.74. The van der Waals surface area contributed by atoms with Crippen LogP contribution >= 0.6 is 11.6 Å². The second-order valence-electron chi connectivity index (χ2n) is 6.13. The van der Waals surface area contributed by atoms with E-state index in [9.17, 15) is 0 Å². The Morgan fingerprint density at radius 1 is 0.900 bits per heavy atom. The maximum absolute atomic E-state index is 6.58. The molecule has 0 aliphatic carbocycles. The van der Waals surface area contributed by atoms with Crippen molar-refractivity contribution >= 4 is 11.6 Å². The Kier molecular flexibility index (Phi) is 4.55. The topological polar surface area (TPSA) is 0 Å². The first-order valence-electron chi connectivity index (χ1n) is 7.25. The molecule has 0 aliphatic heterocycles. The van der Waals surface area contributed by atoms with Crippen LogP contribution in [0.1, 0.15) is 54.8 Å². The lowest BCUT2D eigenvalue weighted by atomic mass is 9.82. The zero-order chi connectivity index (χ0) is 14.8. The molecule has 0 radical (unpaired) electrons. The van der Waals surface area contributed by atoms with E-state index in [4.69, 9.17) is 11.6 Å². The monoisotopic (exact) mass is 286 g/mol. The molecule has 0 saturated carbocycles. The second kappa shape index (κ2) is 6.01. The van der Waals surface area contributed by atoms with Crippen molar-refractivity contribution in [1.29, 1.82) is 0 Å². The van der Waals surface area contributed by atoms with E-state index < -0.39 is 0 Å². The van der Waals surface area contributed by atoms with E-state index in [2.05, 4.69) is 76.2 Å². The Labute approximate surface area is 127 Å². The maximum atomic E-state index is 6.58. The Hall–Kier alpha value is -1.27. The standard InChI is InChI=1S/C19H23Cl/c1-5-19(3,4)17-12-10-16(11-13-17)18(20)15-8-6-14(2)7-9-15/h6-13,18H,5H2,1-4H3. The third-order valence-electron chi connectivity index (χ3n) is 4.24. The molecule has 106 valence electrons. The van der Waals surface area contributed by atoms with Crippen LogP contribution in [0.3, 0.4) is 0 Å². The van der Waals surface area contributed by atoms with Crippen molar-refractivity contribution in [2.75, 3.05) is 0 Å². The minimum Gasteiger partial charge on any atom is -0.113 e. The van der Waals surface area contributed by atoms with Gasteiger partial charge in [-0.25, -0.2) is 0 Å². The van der Waals surface area contributed by atoms with Crippen molar-refractivity contribution in [1.82, 2.24) is 0 Å². The zero-order valence-electron chi connectivity index (χ0n) is 12.8. The van der Waals surface area contributed by atoms with Crippen molar-refractivity contribution < 1.29 is 0 Å². The van der Waals surface area contributed by atoms with Gasteiger partial charge in [-0.3, -0.25) is 0 Å². The van der Waals surface area contributed by atoms with Crippen molar-refractivity contribution in [2.45, 2.75) is 44.9 Å². The first-order chi connectivity index (χ1) is 9.44. The van der Waals surface area contributed by atoms with Gasteiger partial charge in [-0.05, 0) is 35.4 Å². The first-order valence-corrected chi connectivity index (χ1v) is 7.69. The molecule has 0 fully saturated rings. The van der Waals surface area contributed by atoms with Gasteiger partial charge >= 0.3 is 0 Å². The van der Waals surface area contributed by atoms with Crippen LogP contribution in [0, 0.1) is 6.92 Å². The molecule has 2 rings (SSSR count). The smallest absolute Gasteiger partial charge is 0.0835 e. The molecule has 1 heteroatoms. The minimum absolute atomic E-state index is 0.0746. The van der Waals surface area contributed by atoms with Crippen molar-refractivity contribution in [2.24, 2.45) is 0 Å². The molecule has 0 spiro atoms. The van der Waals surface area contributed by atoms with Gasteiger partial charge in [0.15, 0.2) is 0 Å².